The standard InChI is InChI=1S/C12H14O2/c1-3-4-5-6-7-8-9-10-11-14-12(2)13/h3-6,9-10H,11H2,1-2H3. The van der Waals surface area contributed by atoms with Crippen LogP contribution >= 0.6 is 0 Å². The molecule has 0 atom stereocenters. The van der Waals surface area contributed by atoms with E-state index in [1.165, 1.54) is 6.92 Å². The Bertz CT molecular complexity index is 298. The van der Waals surface area contributed by atoms with Gasteiger partial charge in [-0.2, -0.15) is 0 Å². The molecular formula is C12H14O2. The third-order valence-electron chi connectivity index (χ3n) is 1.15. The topological polar surface area (TPSA) is 26.3 Å². The lowest BCUT2D eigenvalue weighted by molar-refractivity contribution is -0.139. The van der Waals surface area contributed by atoms with Gasteiger partial charge in [-0.1, -0.05) is 30.1 Å². The highest BCUT2D eigenvalue weighted by atomic mass is 16.5. The largest absolute Gasteiger partial charge is 0.462 e. The van der Waals surface area contributed by atoms with Crippen LogP contribution in [0.3, 0.4) is 0 Å². The maximum atomic E-state index is 10.3. The summed E-state index contributed by atoms with van der Waals surface area (Å²) in [6.45, 7) is 3.60. The van der Waals surface area contributed by atoms with Gasteiger partial charge in [0.05, 0.1) is 0 Å². The predicted octanol–water partition coefficient (Wildman–Crippen LogP) is 2.24. The molecule has 0 aliphatic carbocycles. The second-order valence-corrected chi connectivity index (χ2v) is 2.38. The molecule has 2 nitrogen and oxygen atoms in total. The number of hydrogen-bond acceptors (Lipinski definition) is 2. The Kier molecular flexibility index (Phi) is 8.17. The fourth-order valence-corrected chi connectivity index (χ4v) is 0.584. The molecule has 0 bridgehead atoms. The smallest absolute Gasteiger partial charge is 0.302 e. The molecule has 0 unspecified atom stereocenters. The van der Waals surface area contributed by atoms with Crippen molar-refractivity contribution >= 4 is 5.97 Å². The fourth-order valence-electron chi connectivity index (χ4n) is 0.584. The van der Waals surface area contributed by atoms with Crippen molar-refractivity contribution in [3.63, 3.8) is 0 Å². The molecule has 0 rings (SSSR count). The highest BCUT2D eigenvalue weighted by Gasteiger charge is 1.84. The minimum absolute atomic E-state index is 0.280. The van der Waals surface area contributed by atoms with Crippen molar-refractivity contribution in [2.45, 2.75) is 13.8 Å². The first-order valence-corrected chi connectivity index (χ1v) is 4.34. The Morgan fingerprint density at radius 1 is 1.29 bits per heavy atom. The second-order valence-electron chi connectivity index (χ2n) is 2.38. The van der Waals surface area contributed by atoms with Crippen LogP contribution in [0.25, 0.3) is 0 Å². The third-order valence-corrected chi connectivity index (χ3v) is 1.15. The molecule has 0 aliphatic rings. The molecule has 0 N–H and O–H groups in total. The number of ether oxygens (including phenoxy) is 1. The van der Waals surface area contributed by atoms with Crippen LogP contribution < -0.4 is 0 Å². The van der Waals surface area contributed by atoms with Gasteiger partial charge in [0.2, 0.25) is 0 Å². The SMILES string of the molecule is CC=CC=CC#CC=CCOC(C)=O. The van der Waals surface area contributed by atoms with Crippen molar-refractivity contribution in [2.75, 3.05) is 6.61 Å². The lowest BCUT2D eigenvalue weighted by Gasteiger charge is -1.91. The molecule has 0 fully saturated rings. The highest BCUT2D eigenvalue weighted by Crippen LogP contribution is 1.78. The third kappa shape index (κ3) is 10.2. The van der Waals surface area contributed by atoms with Crippen LogP contribution in [-0.2, 0) is 9.53 Å². The number of esters is 1. The summed E-state index contributed by atoms with van der Waals surface area (Å²) in [6.07, 6.45) is 10.8. The Hall–Kier alpha value is -1.75. The van der Waals surface area contributed by atoms with Gasteiger partial charge in [0, 0.05) is 6.92 Å². The first-order chi connectivity index (χ1) is 6.77. The van der Waals surface area contributed by atoms with Crippen LogP contribution in [-0.4, -0.2) is 12.6 Å². The summed E-state index contributed by atoms with van der Waals surface area (Å²) in [6, 6.07) is 0. The highest BCUT2D eigenvalue weighted by molar-refractivity contribution is 5.66. The number of allylic oxidation sites excluding steroid dienone is 5. The number of hydrogen-bond donors (Lipinski definition) is 0. The van der Waals surface area contributed by atoms with Crippen LogP contribution in [0.4, 0.5) is 0 Å². The zero-order valence-corrected chi connectivity index (χ0v) is 8.49. The van der Waals surface area contributed by atoms with Gasteiger partial charge >= 0.3 is 5.97 Å². The van der Waals surface area contributed by atoms with Gasteiger partial charge in [0.15, 0.2) is 0 Å². The molecule has 0 saturated carbocycles. The summed E-state index contributed by atoms with van der Waals surface area (Å²) in [7, 11) is 0. The van der Waals surface area contributed by atoms with E-state index in [1.54, 1.807) is 18.2 Å². The molecular weight excluding hydrogens is 176 g/mol. The van der Waals surface area contributed by atoms with E-state index >= 15 is 0 Å². The monoisotopic (exact) mass is 190 g/mol. The molecule has 14 heavy (non-hydrogen) atoms. The van der Waals surface area contributed by atoms with Crippen molar-refractivity contribution in [3.8, 4) is 11.8 Å². The van der Waals surface area contributed by atoms with E-state index in [0.717, 1.165) is 0 Å². The van der Waals surface area contributed by atoms with Crippen molar-refractivity contribution < 1.29 is 9.53 Å². The van der Waals surface area contributed by atoms with E-state index in [9.17, 15) is 4.79 Å². The molecule has 0 spiro atoms. The zero-order chi connectivity index (χ0) is 10.6. The van der Waals surface area contributed by atoms with Gasteiger partial charge < -0.3 is 4.74 Å². The summed E-state index contributed by atoms with van der Waals surface area (Å²) in [5.41, 5.74) is 0. The fraction of sp³-hybridized carbons (Fsp3) is 0.250. The minimum Gasteiger partial charge on any atom is -0.462 e. The number of carbonyl (C=O) groups is 1. The van der Waals surface area contributed by atoms with E-state index in [1.807, 2.05) is 25.2 Å². The molecule has 0 aliphatic heterocycles. The summed E-state index contributed by atoms with van der Waals surface area (Å²) in [4.78, 5) is 10.3. The van der Waals surface area contributed by atoms with Crippen molar-refractivity contribution in [2.24, 2.45) is 0 Å². The van der Waals surface area contributed by atoms with Gasteiger partial charge in [-0.3, -0.25) is 4.79 Å². The summed E-state index contributed by atoms with van der Waals surface area (Å²) < 4.78 is 4.66. The zero-order valence-electron chi connectivity index (χ0n) is 8.49. The lowest BCUT2D eigenvalue weighted by Crippen LogP contribution is -1.96. The van der Waals surface area contributed by atoms with E-state index < -0.39 is 0 Å². The maximum absolute atomic E-state index is 10.3. The van der Waals surface area contributed by atoms with Crippen molar-refractivity contribution in [1.29, 1.82) is 0 Å². The van der Waals surface area contributed by atoms with E-state index in [0.29, 0.717) is 0 Å². The Morgan fingerprint density at radius 2 is 2.00 bits per heavy atom. The first-order valence-electron chi connectivity index (χ1n) is 4.34. The molecule has 2 heteroatoms. The number of rotatable bonds is 3. The average Bonchev–Trinajstić information content (AvgIpc) is 2.15. The molecule has 0 saturated heterocycles. The van der Waals surface area contributed by atoms with Crippen LogP contribution in [0.2, 0.25) is 0 Å². The van der Waals surface area contributed by atoms with Crippen molar-refractivity contribution in [1.82, 2.24) is 0 Å². The molecule has 0 radical (unpaired) electrons. The van der Waals surface area contributed by atoms with Crippen LogP contribution in [0.5, 0.6) is 0 Å². The molecule has 0 aromatic heterocycles. The summed E-state index contributed by atoms with van der Waals surface area (Å²) in [5, 5.41) is 0. The van der Waals surface area contributed by atoms with Gasteiger partial charge in [-0.25, -0.2) is 0 Å². The van der Waals surface area contributed by atoms with Gasteiger partial charge in [0.25, 0.3) is 0 Å². The summed E-state index contributed by atoms with van der Waals surface area (Å²) in [5.74, 6) is 5.29. The minimum atomic E-state index is -0.282. The van der Waals surface area contributed by atoms with Gasteiger partial charge in [-0.15, -0.1) is 0 Å². The van der Waals surface area contributed by atoms with E-state index in [2.05, 4.69) is 16.6 Å². The maximum Gasteiger partial charge on any atom is 0.302 e. The molecule has 0 heterocycles. The first kappa shape index (κ1) is 12.2. The second kappa shape index (κ2) is 9.34. The molecule has 74 valence electrons. The Balaban J connectivity index is 3.64. The Labute approximate surface area is 85.0 Å². The van der Waals surface area contributed by atoms with Crippen LogP contribution in [0.15, 0.2) is 36.5 Å². The molecule has 0 aromatic carbocycles. The van der Waals surface area contributed by atoms with Gasteiger partial charge in [-0.05, 0) is 25.2 Å². The van der Waals surface area contributed by atoms with Gasteiger partial charge in [0.1, 0.15) is 6.61 Å². The Morgan fingerprint density at radius 3 is 2.64 bits per heavy atom. The number of carbonyl (C=O) groups excluding carboxylic acids is 1. The van der Waals surface area contributed by atoms with Crippen LogP contribution in [0, 0.1) is 11.8 Å². The van der Waals surface area contributed by atoms with E-state index in [4.69, 9.17) is 0 Å². The quantitative estimate of drug-likeness (QED) is 0.387. The molecule has 0 amide bonds. The van der Waals surface area contributed by atoms with E-state index in [-0.39, 0.29) is 12.6 Å². The summed E-state index contributed by atoms with van der Waals surface area (Å²) >= 11 is 0. The predicted molar refractivity (Wildman–Crippen MR) is 57.5 cm³/mol. The average molecular weight is 190 g/mol. The normalized spacial score (nSPS) is 10.7. The van der Waals surface area contributed by atoms with Crippen molar-refractivity contribution in [3.05, 3.63) is 36.5 Å². The lowest BCUT2D eigenvalue weighted by atomic mass is 10.4. The molecule has 0 aromatic rings. The van der Waals surface area contributed by atoms with Crippen LogP contribution in [0.1, 0.15) is 13.8 Å².